The summed E-state index contributed by atoms with van der Waals surface area (Å²) in [6.07, 6.45) is 2.99. The average Bonchev–Trinajstić information content (AvgIpc) is 3.18. The molecule has 1 amide bonds. The number of nitrogens with zero attached hydrogens (tertiary/aromatic N) is 2. The second-order valence-electron chi connectivity index (χ2n) is 6.40. The molecule has 29 heavy (non-hydrogen) atoms. The maximum Gasteiger partial charge on any atom is 0.352 e. The molecule has 0 spiro atoms. The van der Waals surface area contributed by atoms with Crippen LogP contribution in [0.5, 0.6) is 5.75 Å². The Morgan fingerprint density at radius 1 is 1.17 bits per heavy atom. The third kappa shape index (κ3) is 3.55. The van der Waals surface area contributed by atoms with Gasteiger partial charge in [-0.05, 0) is 23.8 Å². The minimum atomic E-state index is -1.11. The van der Waals surface area contributed by atoms with Gasteiger partial charge in [-0.3, -0.25) is 4.79 Å². The van der Waals surface area contributed by atoms with Crippen LogP contribution in [0.1, 0.15) is 22.0 Å². The Bertz CT molecular complexity index is 1100. The predicted octanol–water partition coefficient (Wildman–Crippen LogP) is 3.13. The summed E-state index contributed by atoms with van der Waals surface area (Å²) in [4.78, 5) is 24.5. The first-order valence-electron chi connectivity index (χ1n) is 8.87. The van der Waals surface area contributed by atoms with Crippen LogP contribution in [0.15, 0.2) is 72.6 Å². The molecule has 0 unspecified atom stereocenters. The third-order valence-corrected chi connectivity index (χ3v) is 4.58. The molecule has 8 nitrogen and oxygen atoms in total. The number of carboxylic acids is 1. The molecule has 0 radical (unpaired) electrons. The second kappa shape index (κ2) is 7.51. The van der Waals surface area contributed by atoms with Gasteiger partial charge in [0.1, 0.15) is 22.8 Å². The van der Waals surface area contributed by atoms with Crippen molar-refractivity contribution in [1.82, 2.24) is 9.78 Å². The highest BCUT2D eigenvalue weighted by molar-refractivity contribution is 6.08. The summed E-state index contributed by atoms with van der Waals surface area (Å²) in [6.45, 7) is 0. The number of carbonyl (C=O) groups is 2. The molecular weight excluding hydrogens is 372 g/mol. The van der Waals surface area contributed by atoms with E-state index >= 15 is 0 Å². The van der Waals surface area contributed by atoms with Crippen molar-refractivity contribution in [3.63, 3.8) is 0 Å². The lowest BCUT2D eigenvalue weighted by atomic mass is 10.0. The Morgan fingerprint density at radius 3 is 2.69 bits per heavy atom. The van der Waals surface area contributed by atoms with Crippen molar-refractivity contribution in [2.45, 2.75) is 6.04 Å². The van der Waals surface area contributed by atoms with Gasteiger partial charge >= 0.3 is 5.97 Å². The highest BCUT2D eigenvalue weighted by Gasteiger charge is 2.29. The Morgan fingerprint density at radius 2 is 1.97 bits per heavy atom. The first-order chi connectivity index (χ1) is 14.1. The van der Waals surface area contributed by atoms with Crippen molar-refractivity contribution in [3.8, 4) is 5.75 Å². The number of fused-ring (bicyclic) bond motifs is 1. The van der Waals surface area contributed by atoms with Crippen LogP contribution in [0.2, 0.25) is 0 Å². The minimum Gasteiger partial charge on any atom is -0.497 e. The smallest absolute Gasteiger partial charge is 0.352 e. The van der Waals surface area contributed by atoms with Crippen LogP contribution in [-0.2, 0) is 4.79 Å². The number of methoxy groups -OCH3 is 1. The average molecular weight is 390 g/mol. The normalized spacial score (nSPS) is 14.9. The zero-order chi connectivity index (χ0) is 20.4. The molecule has 4 rings (SSSR count). The van der Waals surface area contributed by atoms with Crippen molar-refractivity contribution >= 4 is 23.4 Å². The largest absolute Gasteiger partial charge is 0.497 e. The molecule has 1 aromatic heterocycles. The quantitative estimate of drug-likeness (QED) is 0.618. The van der Waals surface area contributed by atoms with Crippen LogP contribution in [0.3, 0.4) is 0 Å². The maximum atomic E-state index is 12.9. The van der Waals surface area contributed by atoms with Gasteiger partial charge in [0.2, 0.25) is 0 Å². The van der Waals surface area contributed by atoms with Crippen LogP contribution < -0.4 is 15.4 Å². The maximum absolute atomic E-state index is 12.9. The Kier molecular flexibility index (Phi) is 4.74. The third-order valence-electron chi connectivity index (χ3n) is 4.58. The molecule has 0 saturated heterocycles. The minimum absolute atomic E-state index is 0.0118. The van der Waals surface area contributed by atoms with E-state index in [1.54, 1.807) is 42.1 Å². The van der Waals surface area contributed by atoms with E-state index in [2.05, 4.69) is 15.7 Å². The van der Waals surface area contributed by atoms with E-state index in [0.717, 1.165) is 5.56 Å². The van der Waals surface area contributed by atoms with Crippen molar-refractivity contribution in [1.29, 1.82) is 0 Å². The molecule has 0 fully saturated rings. The number of amides is 1. The Labute approximate surface area is 166 Å². The zero-order valence-corrected chi connectivity index (χ0v) is 15.5. The molecule has 2 aromatic carbocycles. The molecule has 1 atom stereocenters. The number of nitrogens with one attached hydrogen (secondary N) is 2. The van der Waals surface area contributed by atoms with Gasteiger partial charge in [-0.15, -0.1) is 0 Å². The number of hydrogen-bond donors (Lipinski definition) is 3. The number of ether oxygens (including phenoxy) is 1. The van der Waals surface area contributed by atoms with Crippen molar-refractivity contribution < 1.29 is 19.4 Å². The highest BCUT2D eigenvalue weighted by atomic mass is 16.5. The van der Waals surface area contributed by atoms with E-state index in [9.17, 15) is 14.7 Å². The fourth-order valence-electron chi connectivity index (χ4n) is 3.17. The first-order valence-corrected chi connectivity index (χ1v) is 8.87. The number of benzene rings is 2. The molecule has 2 heterocycles. The van der Waals surface area contributed by atoms with Gasteiger partial charge in [0.25, 0.3) is 5.91 Å². The summed E-state index contributed by atoms with van der Waals surface area (Å²) < 4.78 is 6.77. The lowest BCUT2D eigenvalue weighted by Crippen LogP contribution is -2.25. The number of carbonyl (C=O) groups excluding carboxylic acids is 1. The van der Waals surface area contributed by atoms with Crippen LogP contribution in [0.4, 0.5) is 11.5 Å². The number of aliphatic carboxylic acids is 1. The monoisotopic (exact) mass is 390 g/mol. The van der Waals surface area contributed by atoms with E-state index in [-0.39, 0.29) is 11.3 Å². The number of aromatic nitrogens is 2. The lowest BCUT2D eigenvalue weighted by Gasteiger charge is -2.24. The summed E-state index contributed by atoms with van der Waals surface area (Å²) in [6, 6.07) is 15.9. The summed E-state index contributed by atoms with van der Waals surface area (Å²) in [5.74, 6) is -0.597. The molecular formula is C21H18N4O4. The van der Waals surface area contributed by atoms with E-state index in [1.807, 2.05) is 30.3 Å². The fourth-order valence-corrected chi connectivity index (χ4v) is 3.17. The van der Waals surface area contributed by atoms with Gasteiger partial charge in [-0.2, -0.15) is 5.10 Å². The van der Waals surface area contributed by atoms with Gasteiger partial charge < -0.3 is 20.5 Å². The summed E-state index contributed by atoms with van der Waals surface area (Å²) in [7, 11) is 1.54. The molecule has 146 valence electrons. The van der Waals surface area contributed by atoms with Gasteiger partial charge in [-0.1, -0.05) is 36.4 Å². The second-order valence-corrected chi connectivity index (χ2v) is 6.40. The molecule has 8 heteroatoms. The SMILES string of the molecule is COc1cccc(NC(=O)c2cnn3c2NC(C(=O)O)=C[C@H]3c2ccccc2)c1. The van der Waals surface area contributed by atoms with Crippen molar-refractivity contribution in [2.75, 3.05) is 17.7 Å². The van der Waals surface area contributed by atoms with Gasteiger partial charge in [0.15, 0.2) is 0 Å². The number of carboxylic acid groups (broad SMARTS) is 1. The van der Waals surface area contributed by atoms with Crippen molar-refractivity contribution in [3.05, 3.63) is 83.7 Å². The Hall–Kier alpha value is -4.07. The molecule has 1 aliphatic heterocycles. The number of anilines is 2. The summed E-state index contributed by atoms with van der Waals surface area (Å²) in [5.41, 5.74) is 1.64. The van der Waals surface area contributed by atoms with Crippen LogP contribution >= 0.6 is 0 Å². The number of allylic oxidation sites excluding steroid dienone is 1. The van der Waals surface area contributed by atoms with E-state index < -0.39 is 17.9 Å². The van der Waals surface area contributed by atoms with Crippen LogP contribution in [0.25, 0.3) is 0 Å². The molecule has 1 aliphatic rings. The van der Waals surface area contributed by atoms with Gasteiger partial charge in [-0.25, -0.2) is 9.48 Å². The molecule has 0 aliphatic carbocycles. The molecule has 0 saturated carbocycles. The van der Waals surface area contributed by atoms with E-state index in [1.165, 1.54) is 6.20 Å². The van der Waals surface area contributed by atoms with Gasteiger partial charge in [0.05, 0.1) is 19.3 Å². The first kappa shape index (κ1) is 18.3. The van der Waals surface area contributed by atoms with Crippen LogP contribution in [0, 0.1) is 0 Å². The number of rotatable bonds is 5. The number of hydrogen-bond acceptors (Lipinski definition) is 5. The standard InChI is InChI=1S/C21H18N4O4/c1-29-15-9-5-8-14(10-15)23-20(26)16-12-22-25-18(13-6-3-2-4-7-13)11-17(21(27)28)24-19(16)25/h2-12,18,24H,1H3,(H,23,26)(H,27,28)/t18-/m0/s1. The predicted molar refractivity (Wildman–Crippen MR) is 107 cm³/mol. The topological polar surface area (TPSA) is 105 Å². The highest BCUT2D eigenvalue weighted by Crippen LogP contribution is 2.32. The lowest BCUT2D eigenvalue weighted by molar-refractivity contribution is -0.132. The van der Waals surface area contributed by atoms with E-state index in [4.69, 9.17) is 4.74 Å². The summed E-state index contributed by atoms with van der Waals surface area (Å²) >= 11 is 0. The van der Waals surface area contributed by atoms with Crippen molar-refractivity contribution in [2.24, 2.45) is 0 Å². The molecule has 3 aromatic rings. The van der Waals surface area contributed by atoms with E-state index in [0.29, 0.717) is 17.3 Å². The Balaban J connectivity index is 1.69. The van der Waals surface area contributed by atoms with Gasteiger partial charge in [0, 0.05) is 11.8 Å². The van der Waals surface area contributed by atoms with Crippen LogP contribution in [-0.4, -0.2) is 33.9 Å². The zero-order valence-electron chi connectivity index (χ0n) is 15.5. The summed E-state index contributed by atoms with van der Waals surface area (Å²) in [5, 5.41) is 19.4. The molecule has 3 N–H and O–H groups in total. The molecule has 0 bridgehead atoms. The fraction of sp³-hybridized carbons (Fsp3) is 0.0952.